The molecule has 0 aromatic heterocycles. The summed E-state index contributed by atoms with van der Waals surface area (Å²) in [6, 6.07) is 14.5. The van der Waals surface area contributed by atoms with Crippen molar-refractivity contribution in [1.82, 2.24) is 0 Å². The van der Waals surface area contributed by atoms with E-state index in [1.807, 2.05) is 12.1 Å². The highest BCUT2D eigenvalue weighted by Crippen LogP contribution is 2.27. The molecule has 0 aliphatic rings. The lowest BCUT2D eigenvalue weighted by atomic mass is 10.1. The summed E-state index contributed by atoms with van der Waals surface area (Å²) in [6.45, 7) is 2.98. The number of methoxy groups -OCH3 is 2. The molecule has 0 spiro atoms. The van der Waals surface area contributed by atoms with Crippen LogP contribution < -0.4 is 14.8 Å². The van der Waals surface area contributed by atoms with Gasteiger partial charge in [0.25, 0.3) is 0 Å². The van der Waals surface area contributed by atoms with E-state index in [0.717, 1.165) is 30.2 Å². The molecular weight excluding hydrogens is 250 g/mol. The first kappa shape index (κ1) is 14.3. The summed E-state index contributed by atoms with van der Waals surface area (Å²) in [5.41, 5.74) is 3.65. The predicted octanol–water partition coefficient (Wildman–Crippen LogP) is 3.67. The summed E-state index contributed by atoms with van der Waals surface area (Å²) in [7, 11) is 3.31. The van der Waals surface area contributed by atoms with Gasteiger partial charge in [-0.2, -0.15) is 0 Å². The second kappa shape index (κ2) is 6.85. The topological polar surface area (TPSA) is 30.5 Å². The number of benzene rings is 2. The third-order valence-electron chi connectivity index (χ3n) is 3.24. The van der Waals surface area contributed by atoms with Gasteiger partial charge in [0.1, 0.15) is 0 Å². The van der Waals surface area contributed by atoms with Crippen LogP contribution in [0, 0.1) is 6.92 Å². The zero-order chi connectivity index (χ0) is 14.4. The number of anilines is 1. The molecule has 0 unspecified atom stereocenters. The van der Waals surface area contributed by atoms with Crippen LogP contribution in [0.15, 0.2) is 42.5 Å². The molecular formula is C17H21NO2. The molecule has 3 nitrogen and oxygen atoms in total. The van der Waals surface area contributed by atoms with E-state index in [0.29, 0.717) is 0 Å². The van der Waals surface area contributed by atoms with Crippen molar-refractivity contribution in [3.05, 3.63) is 53.6 Å². The fourth-order valence-electron chi connectivity index (χ4n) is 2.06. The van der Waals surface area contributed by atoms with Gasteiger partial charge in [0.05, 0.1) is 14.2 Å². The Labute approximate surface area is 120 Å². The standard InChI is InChI=1S/C17H21NO2/c1-13-4-7-15(8-5-13)18-11-10-14-6-9-16(19-2)17(12-14)20-3/h4-9,12,18H,10-11H2,1-3H3. The van der Waals surface area contributed by atoms with Crippen molar-refractivity contribution in [3.63, 3.8) is 0 Å². The zero-order valence-corrected chi connectivity index (χ0v) is 12.3. The average Bonchev–Trinajstić information content (AvgIpc) is 2.49. The molecule has 0 aliphatic carbocycles. The maximum Gasteiger partial charge on any atom is 0.160 e. The van der Waals surface area contributed by atoms with Crippen molar-refractivity contribution in [2.45, 2.75) is 13.3 Å². The Balaban J connectivity index is 1.92. The number of ether oxygens (including phenoxy) is 2. The normalized spacial score (nSPS) is 10.2. The Hall–Kier alpha value is -2.16. The van der Waals surface area contributed by atoms with E-state index in [4.69, 9.17) is 9.47 Å². The van der Waals surface area contributed by atoms with Crippen LogP contribution in [-0.2, 0) is 6.42 Å². The Morgan fingerprint density at radius 3 is 2.25 bits per heavy atom. The number of hydrogen-bond donors (Lipinski definition) is 1. The van der Waals surface area contributed by atoms with E-state index in [2.05, 4.69) is 42.6 Å². The highest BCUT2D eigenvalue weighted by molar-refractivity contribution is 5.45. The molecule has 2 aromatic rings. The highest BCUT2D eigenvalue weighted by atomic mass is 16.5. The average molecular weight is 271 g/mol. The number of rotatable bonds is 6. The van der Waals surface area contributed by atoms with Crippen molar-refractivity contribution in [2.75, 3.05) is 26.1 Å². The molecule has 2 aromatic carbocycles. The van der Waals surface area contributed by atoms with Crippen LogP contribution in [0.25, 0.3) is 0 Å². The van der Waals surface area contributed by atoms with Crippen molar-refractivity contribution < 1.29 is 9.47 Å². The minimum absolute atomic E-state index is 0.766. The van der Waals surface area contributed by atoms with Gasteiger partial charge in [0, 0.05) is 12.2 Å². The summed E-state index contributed by atoms with van der Waals surface area (Å²) in [5.74, 6) is 1.54. The minimum Gasteiger partial charge on any atom is -0.493 e. The van der Waals surface area contributed by atoms with Gasteiger partial charge in [-0.05, 0) is 43.2 Å². The summed E-state index contributed by atoms with van der Waals surface area (Å²) in [4.78, 5) is 0. The van der Waals surface area contributed by atoms with E-state index in [1.54, 1.807) is 14.2 Å². The molecule has 0 saturated heterocycles. The van der Waals surface area contributed by atoms with Crippen LogP contribution in [0.5, 0.6) is 11.5 Å². The highest BCUT2D eigenvalue weighted by Gasteiger charge is 2.04. The lowest BCUT2D eigenvalue weighted by Crippen LogP contribution is -2.05. The second-order valence-electron chi connectivity index (χ2n) is 4.73. The first-order valence-electron chi connectivity index (χ1n) is 6.74. The molecule has 1 N–H and O–H groups in total. The number of nitrogens with one attached hydrogen (secondary N) is 1. The molecule has 0 saturated carbocycles. The van der Waals surface area contributed by atoms with Crippen LogP contribution in [0.3, 0.4) is 0 Å². The molecule has 0 aliphatic heterocycles. The summed E-state index contributed by atoms with van der Waals surface area (Å²) >= 11 is 0. The molecule has 0 amide bonds. The van der Waals surface area contributed by atoms with Crippen LogP contribution in [0.4, 0.5) is 5.69 Å². The van der Waals surface area contributed by atoms with Crippen LogP contribution in [-0.4, -0.2) is 20.8 Å². The Kier molecular flexibility index (Phi) is 4.88. The zero-order valence-electron chi connectivity index (χ0n) is 12.3. The monoisotopic (exact) mass is 271 g/mol. The quantitative estimate of drug-likeness (QED) is 0.869. The predicted molar refractivity (Wildman–Crippen MR) is 82.9 cm³/mol. The largest absolute Gasteiger partial charge is 0.493 e. The second-order valence-corrected chi connectivity index (χ2v) is 4.73. The molecule has 20 heavy (non-hydrogen) atoms. The lowest BCUT2D eigenvalue weighted by molar-refractivity contribution is 0.354. The SMILES string of the molecule is COc1ccc(CCNc2ccc(C)cc2)cc1OC. The maximum absolute atomic E-state index is 5.31. The number of aryl methyl sites for hydroxylation is 1. The molecule has 2 rings (SSSR count). The summed E-state index contributed by atoms with van der Waals surface area (Å²) in [5, 5.41) is 3.41. The van der Waals surface area contributed by atoms with Crippen LogP contribution in [0.1, 0.15) is 11.1 Å². The Morgan fingerprint density at radius 2 is 1.60 bits per heavy atom. The van der Waals surface area contributed by atoms with Gasteiger partial charge in [0.15, 0.2) is 11.5 Å². The summed E-state index contributed by atoms with van der Waals surface area (Å²) < 4.78 is 10.5. The maximum atomic E-state index is 5.31. The van der Waals surface area contributed by atoms with Gasteiger partial charge in [-0.25, -0.2) is 0 Å². The Bertz CT molecular complexity index is 549. The van der Waals surface area contributed by atoms with Crippen LogP contribution in [0.2, 0.25) is 0 Å². The van der Waals surface area contributed by atoms with Gasteiger partial charge in [-0.1, -0.05) is 23.8 Å². The fraction of sp³-hybridized carbons (Fsp3) is 0.294. The van der Waals surface area contributed by atoms with E-state index >= 15 is 0 Å². The van der Waals surface area contributed by atoms with E-state index in [-0.39, 0.29) is 0 Å². The van der Waals surface area contributed by atoms with Gasteiger partial charge in [-0.15, -0.1) is 0 Å². The van der Waals surface area contributed by atoms with Crippen molar-refractivity contribution in [1.29, 1.82) is 0 Å². The van der Waals surface area contributed by atoms with E-state index < -0.39 is 0 Å². The third-order valence-corrected chi connectivity index (χ3v) is 3.24. The summed E-state index contributed by atoms with van der Waals surface area (Å²) in [6.07, 6.45) is 0.939. The van der Waals surface area contributed by atoms with E-state index in [9.17, 15) is 0 Å². The fourth-order valence-corrected chi connectivity index (χ4v) is 2.06. The molecule has 0 atom stereocenters. The third kappa shape index (κ3) is 3.67. The van der Waals surface area contributed by atoms with Gasteiger partial charge in [0.2, 0.25) is 0 Å². The molecule has 106 valence electrons. The Morgan fingerprint density at radius 1 is 0.900 bits per heavy atom. The molecule has 0 fully saturated rings. The smallest absolute Gasteiger partial charge is 0.160 e. The first-order valence-corrected chi connectivity index (χ1v) is 6.74. The first-order chi connectivity index (χ1) is 9.72. The molecule has 0 heterocycles. The van der Waals surface area contributed by atoms with Crippen molar-refractivity contribution in [2.24, 2.45) is 0 Å². The van der Waals surface area contributed by atoms with Crippen LogP contribution >= 0.6 is 0 Å². The van der Waals surface area contributed by atoms with E-state index in [1.165, 1.54) is 11.1 Å². The van der Waals surface area contributed by atoms with Gasteiger partial charge < -0.3 is 14.8 Å². The van der Waals surface area contributed by atoms with Crippen molar-refractivity contribution in [3.8, 4) is 11.5 Å². The molecule has 0 radical (unpaired) electrons. The minimum atomic E-state index is 0.766. The molecule has 0 bridgehead atoms. The lowest BCUT2D eigenvalue weighted by Gasteiger charge is -2.10. The number of hydrogen-bond acceptors (Lipinski definition) is 3. The van der Waals surface area contributed by atoms with Crippen molar-refractivity contribution >= 4 is 5.69 Å². The van der Waals surface area contributed by atoms with Gasteiger partial charge >= 0.3 is 0 Å². The van der Waals surface area contributed by atoms with Gasteiger partial charge in [-0.3, -0.25) is 0 Å². The molecule has 3 heteroatoms.